The van der Waals surface area contributed by atoms with Crippen molar-refractivity contribution in [3.05, 3.63) is 65.7 Å². The maximum atomic E-state index is 12.5. The van der Waals surface area contributed by atoms with Gasteiger partial charge in [-0.25, -0.2) is 0 Å². The van der Waals surface area contributed by atoms with Crippen molar-refractivity contribution >= 4 is 11.6 Å². The largest absolute Gasteiger partial charge is 0.370 e. The van der Waals surface area contributed by atoms with Crippen molar-refractivity contribution in [2.24, 2.45) is 0 Å². The van der Waals surface area contributed by atoms with Crippen LogP contribution in [0.2, 0.25) is 0 Å². The molecule has 0 spiro atoms. The highest BCUT2D eigenvalue weighted by Crippen LogP contribution is 2.14. The van der Waals surface area contributed by atoms with E-state index in [0.717, 1.165) is 18.8 Å². The van der Waals surface area contributed by atoms with Crippen LogP contribution in [0.4, 0.5) is 5.69 Å². The lowest BCUT2D eigenvalue weighted by Crippen LogP contribution is -2.40. The molecule has 0 saturated heterocycles. The van der Waals surface area contributed by atoms with Crippen LogP contribution in [0, 0.1) is 0 Å². The summed E-state index contributed by atoms with van der Waals surface area (Å²) >= 11 is 0. The predicted molar refractivity (Wildman–Crippen MR) is 114 cm³/mol. The average molecular weight is 368 g/mol. The van der Waals surface area contributed by atoms with E-state index in [4.69, 9.17) is 0 Å². The Labute approximate surface area is 164 Å². The summed E-state index contributed by atoms with van der Waals surface area (Å²) in [5, 5.41) is 3.05. The Bertz CT molecular complexity index is 697. The zero-order chi connectivity index (χ0) is 19.8. The number of hydrogen-bond acceptors (Lipinski definition) is 3. The van der Waals surface area contributed by atoms with Crippen LogP contribution in [0.1, 0.15) is 43.6 Å². The highest BCUT2D eigenvalue weighted by Gasteiger charge is 2.13. The molecule has 4 heteroatoms. The van der Waals surface area contributed by atoms with Gasteiger partial charge in [-0.05, 0) is 57.1 Å². The first-order valence-electron chi connectivity index (χ1n) is 9.81. The standard InChI is InChI=1S/C23H33N3O/c1-6-26(18(2)3)17-20-12-14-21(15-13-20)23(27)24-16-19(4)25(5)22-10-8-7-9-11-22/h7-15,18-19H,6,16-17H2,1-5H3,(H,24,27). The molecule has 1 amide bonds. The molecule has 4 nitrogen and oxygen atoms in total. The maximum Gasteiger partial charge on any atom is 0.251 e. The molecular weight excluding hydrogens is 334 g/mol. The zero-order valence-electron chi connectivity index (χ0n) is 17.3. The number of carbonyl (C=O) groups is 1. The van der Waals surface area contributed by atoms with Crippen molar-refractivity contribution in [2.45, 2.75) is 46.3 Å². The van der Waals surface area contributed by atoms with E-state index in [0.29, 0.717) is 18.2 Å². The van der Waals surface area contributed by atoms with E-state index in [9.17, 15) is 4.79 Å². The highest BCUT2D eigenvalue weighted by atomic mass is 16.1. The van der Waals surface area contributed by atoms with Crippen LogP contribution in [0.25, 0.3) is 0 Å². The lowest BCUT2D eigenvalue weighted by Gasteiger charge is -2.27. The number of anilines is 1. The monoisotopic (exact) mass is 367 g/mol. The number of nitrogens with one attached hydrogen (secondary N) is 1. The third-order valence-corrected chi connectivity index (χ3v) is 5.12. The molecular formula is C23H33N3O. The lowest BCUT2D eigenvalue weighted by molar-refractivity contribution is 0.0951. The second-order valence-corrected chi connectivity index (χ2v) is 7.36. The van der Waals surface area contributed by atoms with Crippen LogP contribution in [0.15, 0.2) is 54.6 Å². The van der Waals surface area contributed by atoms with Crippen molar-refractivity contribution in [1.29, 1.82) is 0 Å². The van der Waals surface area contributed by atoms with Crippen molar-refractivity contribution in [3.8, 4) is 0 Å². The van der Waals surface area contributed by atoms with E-state index >= 15 is 0 Å². The van der Waals surface area contributed by atoms with Crippen LogP contribution < -0.4 is 10.2 Å². The Balaban J connectivity index is 1.88. The Morgan fingerprint density at radius 2 is 1.63 bits per heavy atom. The third kappa shape index (κ3) is 6.10. The number of carbonyl (C=O) groups excluding carboxylic acids is 1. The average Bonchev–Trinajstić information content (AvgIpc) is 2.70. The number of nitrogens with zero attached hydrogens (tertiary/aromatic N) is 2. The van der Waals surface area contributed by atoms with Gasteiger partial charge < -0.3 is 10.2 Å². The van der Waals surface area contributed by atoms with Crippen molar-refractivity contribution in [1.82, 2.24) is 10.2 Å². The molecule has 0 bridgehead atoms. The minimum Gasteiger partial charge on any atom is -0.370 e. The molecule has 0 saturated carbocycles. The second kappa shape index (κ2) is 10.1. The topological polar surface area (TPSA) is 35.6 Å². The predicted octanol–water partition coefficient (Wildman–Crippen LogP) is 4.17. The summed E-state index contributed by atoms with van der Waals surface area (Å²) in [5.74, 6) is -0.0222. The summed E-state index contributed by atoms with van der Waals surface area (Å²) in [6.45, 7) is 11.2. The van der Waals surface area contributed by atoms with Crippen LogP contribution >= 0.6 is 0 Å². The smallest absolute Gasteiger partial charge is 0.251 e. The molecule has 1 atom stereocenters. The summed E-state index contributed by atoms with van der Waals surface area (Å²) in [4.78, 5) is 17.0. The molecule has 2 aromatic carbocycles. The number of benzene rings is 2. The fourth-order valence-corrected chi connectivity index (χ4v) is 3.05. The van der Waals surface area contributed by atoms with Gasteiger partial charge in [-0.15, -0.1) is 0 Å². The minimum atomic E-state index is -0.0222. The normalized spacial score (nSPS) is 12.3. The Kier molecular flexibility index (Phi) is 7.86. The number of rotatable bonds is 9. The quantitative estimate of drug-likeness (QED) is 0.722. The Morgan fingerprint density at radius 3 is 2.19 bits per heavy atom. The van der Waals surface area contributed by atoms with Crippen LogP contribution in [-0.4, -0.2) is 43.0 Å². The van der Waals surface area contributed by atoms with E-state index in [2.05, 4.69) is 74.1 Å². The minimum absolute atomic E-state index is 0.0222. The molecule has 0 aromatic heterocycles. The van der Waals surface area contributed by atoms with Gasteiger partial charge in [0.25, 0.3) is 5.91 Å². The SMILES string of the molecule is CCN(Cc1ccc(C(=O)NCC(C)N(C)c2ccccc2)cc1)C(C)C. The van der Waals surface area contributed by atoms with E-state index in [1.807, 2.05) is 30.3 Å². The van der Waals surface area contributed by atoms with Gasteiger partial charge in [0.05, 0.1) is 0 Å². The van der Waals surface area contributed by atoms with Crippen LogP contribution in [0.5, 0.6) is 0 Å². The van der Waals surface area contributed by atoms with Crippen molar-refractivity contribution in [2.75, 3.05) is 25.0 Å². The highest BCUT2D eigenvalue weighted by molar-refractivity contribution is 5.94. The summed E-state index contributed by atoms with van der Waals surface area (Å²) in [6, 6.07) is 18.9. The Morgan fingerprint density at radius 1 is 1.00 bits per heavy atom. The first-order valence-corrected chi connectivity index (χ1v) is 9.81. The molecule has 0 fully saturated rings. The number of hydrogen-bond donors (Lipinski definition) is 1. The fraction of sp³-hybridized carbons (Fsp3) is 0.435. The molecule has 0 heterocycles. The lowest BCUT2D eigenvalue weighted by atomic mass is 10.1. The fourth-order valence-electron chi connectivity index (χ4n) is 3.05. The van der Waals surface area contributed by atoms with Gasteiger partial charge in [0.15, 0.2) is 0 Å². The van der Waals surface area contributed by atoms with Gasteiger partial charge in [0.2, 0.25) is 0 Å². The molecule has 2 rings (SSSR count). The van der Waals surface area contributed by atoms with Crippen molar-refractivity contribution in [3.63, 3.8) is 0 Å². The number of para-hydroxylation sites is 1. The summed E-state index contributed by atoms with van der Waals surface area (Å²) in [6.07, 6.45) is 0. The molecule has 0 radical (unpaired) electrons. The summed E-state index contributed by atoms with van der Waals surface area (Å²) in [5.41, 5.74) is 3.09. The van der Waals surface area contributed by atoms with E-state index in [-0.39, 0.29) is 11.9 Å². The molecule has 0 aliphatic carbocycles. The van der Waals surface area contributed by atoms with Gasteiger partial charge in [0, 0.05) is 43.5 Å². The van der Waals surface area contributed by atoms with Gasteiger partial charge >= 0.3 is 0 Å². The maximum absolute atomic E-state index is 12.5. The van der Waals surface area contributed by atoms with Gasteiger partial charge in [-0.3, -0.25) is 9.69 Å². The van der Waals surface area contributed by atoms with Gasteiger partial charge in [0.1, 0.15) is 0 Å². The molecule has 27 heavy (non-hydrogen) atoms. The molecule has 0 aliphatic heterocycles. The first kappa shape index (κ1) is 21.0. The first-order chi connectivity index (χ1) is 12.9. The van der Waals surface area contributed by atoms with Gasteiger partial charge in [-0.2, -0.15) is 0 Å². The second-order valence-electron chi connectivity index (χ2n) is 7.36. The van der Waals surface area contributed by atoms with E-state index < -0.39 is 0 Å². The molecule has 0 aliphatic rings. The number of amides is 1. The van der Waals surface area contributed by atoms with E-state index in [1.54, 1.807) is 0 Å². The van der Waals surface area contributed by atoms with E-state index in [1.165, 1.54) is 5.56 Å². The summed E-state index contributed by atoms with van der Waals surface area (Å²) in [7, 11) is 2.05. The Hall–Kier alpha value is -2.33. The van der Waals surface area contributed by atoms with Crippen molar-refractivity contribution < 1.29 is 4.79 Å². The summed E-state index contributed by atoms with van der Waals surface area (Å²) < 4.78 is 0. The van der Waals surface area contributed by atoms with Crippen LogP contribution in [-0.2, 0) is 6.54 Å². The molecule has 1 N–H and O–H groups in total. The molecule has 1 unspecified atom stereocenters. The molecule has 2 aromatic rings. The zero-order valence-corrected chi connectivity index (χ0v) is 17.3. The molecule has 146 valence electrons. The van der Waals surface area contributed by atoms with Gasteiger partial charge in [-0.1, -0.05) is 37.3 Å². The van der Waals surface area contributed by atoms with Crippen LogP contribution in [0.3, 0.4) is 0 Å². The third-order valence-electron chi connectivity index (χ3n) is 5.12. The number of likely N-dealkylation sites (N-methyl/N-ethyl adjacent to an activating group) is 1.